The van der Waals surface area contributed by atoms with Gasteiger partial charge >= 0.3 is 11.7 Å². The zero-order chi connectivity index (χ0) is 18.7. The number of anilines is 1. The summed E-state index contributed by atoms with van der Waals surface area (Å²) < 4.78 is 18.3. The van der Waals surface area contributed by atoms with E-state index < -0.39 is 23.6 Å². The number of rotatable bonds is 5. The molecule has 1 aliphatic rings. The molecule has 1 aliphatic heterocycles. The Balaban J connectivity index is 1.58. The summed E-state index contributed by atoms with van der Waals surface area (Å²) in [7, 11) is 0. The minimum Gasteiger partial charge on any atom is -0.465 e. The van der Waals surface area contributed by atoms with Crippen molar-refractivity contribution in [3.05, 3.63) is 40.5 Å². The zero-order valence-electron chi connectivity index (χ0n) is 14.0. The van der Waals surface area contributed by atoms with Crippen molar-refractivity contribution in [3.63, 3.8) is 0 Å². The molecule has 1 amide bonds. The van der Waals surface area contributed by atoms with Gasteiger partial charge in [-0.1, -0.05) is 0 Å². The first-order valence-corrected chi connectivity index (χ1v) is 8.28. The minimum atomic E-state index is -0.932. The van der Waals surface area contributed by atoms with Gasteiger partial charge in [-0.2, -0.15) is 0 Å². The maximum Gasteiger partial charge on any atom is 0.407 e. The van der Waals surface area contributed by atoms with Crippen LogP contribution < -0.4 is 10.9 Å². The lowest BCUT2D eigenvalue weighted by atomic mass is 10.2. The third kappa shape index (κ3) is 4.30. The van der Waals surface area contributed by atoms with Crippen LogP contribution in [0, 0.1) is 5.82 Å². The average Bonchev–Trinajstić information content (AvgIpc) is 2.59. The monoisotopic (exact) mass is 365 g/mol. The molecule has 1 aromatic heterocycles. The molecule has 0 spiro atoms. The first-order chi connectivity index (χ1) is 12.4. The number of nitrogens with zero attached hydrogens (tertiary/aromatic N) is 2. The molecule has 9 heteroatoms. The second-order valence-corrected chi connectivity index (χ2v) is 6.22. The number of halogens is 1. The van der Waals surface area contributed by atoms with Gasteiger partial charge in [-0.05, 0) is 12.1 Å². The smallest absolute Gasteiger partial charge is 0.407 e. The summed E-state index contributed by atoms with van der Waals surface area (Å²) in [4.78, 5) is 25.8. The number of hydrogen-bond donors (Lipinski definition) is 3. The lowest BCUT2D eigenvalue weighted by molar-refractivity contribution is 0.0742. The molecular formula is C17H20FN3O5. The Labute approximate surface area is 148 Å². The van der Waals surface area contributed by atoms with E-state index in [-0.39, 0.29) is 12.1 Å². The molecule has 0 aliphatic carbocycles. The Kier molecular flexibility index (Phi) is 5.38. The van der Waals surface area contributed by atoms with Gasteiger partial charge in [0, 0.05) is 56.8 Å². The molecule has 26 heavy (non-hydrogen) atoms. The summed E-state index contributed by atoms with van der Waals surface area (Å²) in [6, 6.07) is 5.18. The molecule has 0 bridgehead atoms. The second-order valence-electron chi connectivity index (χ2n) is 6.22. The highest BCUT2D eigenvalue weighted by molar-refractivity contribution is 5.89. The van der Waals surface area contributed by atoms with Crippen molar-refractivity contribution in [2.75, 3.05) is 44.6 Å². The third-order valence-corrected chi connectivity index (χ3v) is 4.35. The van der Waals surface area contributed by atoms with Crippen LogP contribution in [0.25, 0.3) is 11.0 Å². The quantitative estimate of drug-likeness (QED) is 0.679. The lowest BCUT2D eigenvalue weighted by Crippen LogP contribution is -2.50. The first kappa shape index (κ1) is 18.2. The molecule has 3 N–H and O–H groups in total. The van der Waals surface area contributed by atoms with E-state index in [4.69, 9.17) is 9.52 Å². The number of carboxylic acid groups (broad SMARTS) is 1. The van der Waals surface area contributed by atoms with Crippen molar-refractivity contribution < 1.29 is 23.8 Å². The largest absolute Gasteiger partial charge is 0.465 e. The molecule has 140 valence electrons. The average molecular weight is 365 g/mol. The van der Waals surface area contributed by atoms with Gasteiger partial charge in [0.1, 0.15) is 11.4 Å². The van der Waals surface area contributed by atoms with Crippen molar-refractivity contribution in [2.24, 2.45) is 0 Å². The molecule has 8 nitrogen and oxygen atoms in total. The molecule has 0 radical (unpaired) electrons. The van der Waals surface area contributed by atoms with Gasteiger partial charge in [-0.15, -0.1) is 0 Å². The van der Waals surface area contributed by atoms with Crippen LogP contribution in [-0.4, -0.2) is 71.5 Å². The SMILES string of the molecule is O=C(O)N1CCN(CC(O)CNc2cc(=O)oc3cc(F)ccc23)CC1. The predicted octanol–water partition coefficient (Wildman–Crippen LogP) is 1.00. The van der Waals surface area contributed by atoms with E-state index in [0.717, 1.165) is 6.07 Å². The number of nitrogens with one attached hydrogen (secondary N) is 1. The number of benzene rings is 1. The maximum absolute atomic E-state index is 13.3. The number of fused-ring (bicyclic) bond motifs is 1. The Bertz CT molecular complexity index is 848. The predicted molar refractivity (Wildman–Crippen MR) is 93.0 cm³/mol. The van der Waals surface area contributed by atoms with E-state index in [1.807, 2.05) is 4.90 Å². The van der Waals surface area contributed by atoms with Gasteiger partial charge < -0.3 is 24.8 Å². The molecule has 0 saturated carbocycles. The Morgan fingerprint density at radius 3 is 2.69 bits per heavy atom. The molecule has 1 saturated heterocycles. The van der Waals surface area contributed by atoms with Crippen LogP contribution in [0.4, 0.5) is 14.9 Å². The van der Waals surface area contributed by atoms with Crippen LogP contribution in [0.1, 0.15) is 0 Å². The molecular weight excluding hydrogens is 345 g/mol. The number of carbonyl (C=O) groups is 1. The lowest BCUT2D eigenvalue weighted by Gasteiger charge is -2.34. The van der Waals surface area contributed by atoms with E-state index in [2.05, 4.69) is 5.32 Å². The van der Waals surface area contributed by atoms with Crippen LogP contribution in [0.5, 0.6) is 0 Å². The zero-order valence-corrected chi connectivity index (χ0v) is 14.0. The van der Waals surface area contributed by atoms with E-state index in [1.54, 1.807) is 0 Å². The van der Waals surface area contributed by atoms with Gasteiger partial charge in [-0.3, -0.25) is 4.90 Å². The molecule has 1 aromatic carbocycles. The van der Waals surface area contributed by atoms with E-state index >= 15 is 0 Å². The van der Waals surface area contributed by atoms with Gasteiger partial charge in [0.05, 0.1) is 11.8 Å². The molecule has 2 heterocycles. The van der Waals surface area contributed by atoms with Gasteiger partial charge in [0.2, 0.25) is 0 Å². The number of piperazine rings is 1. The van der Waals surface area contributed by atoms with E-state index in [1.165, 1.54) is 23.1 Å². The highest BCUT2D eigenvalue weighted by Crippen LogP contribution is 2.22. The fourth-order valence-corrected chi connectivity index (χ4v) is 2.99. The van der Waals surface area contributed by atoms with Crippen molar-refractivity contribution in [1.29, 1.82) is 0 Å². The number of β-amino-alcohol motifs (C(OH)–C–C–N with tert-alkyl or cyclic N) is 1. The van der Waals surface area contributed by atoms with E-state index in [9.17, 15) is 19.1 Å². The second kappa shape index (κ2) is 7.71. The van der Waals surface area contributed by atoms with Crippen molar-refractivity contribution >= 4 is 22.7 Å². The maximum atomic E-state index is 13.3. The standard InChI is InChI=1S/C17H20FN3O5/c18-11-1-2-13-14(8-16(23)26-15(13)7-11)19-9-12(22)10-20-3-5-21(6-4-20)17(24)25/h1-2,7-8,12,19,22H,3-6,9-10H2,(H,24,25). The van der Waals surface area contributed by atoms with Gasteiger partial charge in [0.25, 0.3) is 0 Å². The van der Waals surface area contributed by atoms with Crippen LogP contribution in [0.3, 0.4) is 0 Å². The Morgan fingerprint density at radius 2 is 2.00 bits per heavy atom. The van der Waals surface area contributed by atoms with Crippen LogP contribution in [0.2, 0.25) is 0 Å². The first-order valence-electron chi connectivity index (χ1n) is 8.28. The third-order valence-electron chi connectivity index (χ3n) is 4.35. The topological polar surface area (TPSA) is 106 Å². The van der Waals surface area contributed by atoms with Gasteiger partial charge in [-0.25, -0.2) is 14.0 Å². The molecule has 2 aromatic rings. The minimum absolute atomic E-state index is 0.138. The van der Waals surface area contributed by atoms with Crippen LogP contribution in [-0.2, 0) is 0 Å². The highest BCUT2D eigenvalue weighted by Gasteiger charge is 2.22. The summed E-state index contributed by atoms with van der Waals surface area (Å²) >= 11 is 0. The van der Waals surface area contributed by atoms with Crippen molar-refractivity contribution in [3.8, 4) is 0 Å². The highest BCUT2D eigenvalue weighted by atomic mass is 19.1. The summed E-state index contributed by atoms with van der Waals surface area (Å²) in [5.74, 6) is -0.502. The van der Waals surface area contributed by atoms with Crippen LogP contribution in [0.15, 0.2) is 33.5 Å². The van der Waals surface area contributed by atoms with Crippen molar-refractivity contribution in [2.45, 2.75) is 6.10 Å². The fraction of sp³-hybridized carbons (Fsp3) is 0.412. The van der Waals surface area contributed by atoms with Gasteiger partial charge in [0.15, 0.2) is 0 Å². The number of aliphatic hydroxyl groups is 1. The summed E-state index contributed by atoms with van der Waals surface area (Å²) in [6.45, 7) is 2.50. The normalized spacial score (nSPS) is 16.6. The van der Waals surface area contributed by atoms with Crippen LogP contribution >= 0.6 is 0 Å². The molecule has 1 fully saturated rings. The summed E-state index contributed by atoms with van der Waals surface area (Å²) in [5.41, 5.74) is -0.00448. The van der Waals surface area contributed by atoms with E-state index in [0.29, 0.717) is 43.8 Å². The molecule has 1 atom stereocenters. The Hall–Kier alpha value is -2.65. The molecule has 3 rings (SSSR count). The number of hydrogen-bond acceptors (Lipinski definition) is 6. The number of amides is 1. The fourth-order valence-electron chi connectivity index (χ4n) is 2.99. The Morgan fingerprint density at radius 1 is 1.27 bits per heavy atom. The molecule has 1 unspecified atom stereocenters. The summed E-state index contributed by atoms with van der Waals surface area (Å²) in [5, 5.41) is 22.7. The number of aliphatic hydroxyl groups excluding tert-OH is 1. The van der Waals surface area contributed by atoms with Crippen molar-refractivity contribution in [1.82, 2.24) is 9.80 Å². The summed E-state index contributed by atoms with van der Waals surface area (Å²) in [6.07, 6.45) is -1.65.